The highest BCUT2D eigenvalue weighted by Crippen LogP contribution is 2.26. The molecule has 1 rings (SSSR count). The van der Waals surface area contributed by atoms with Gasteiger partial charge in [0.05, 0.1) is 12.6 Å². The van der Waals surface area contributed by atoms with Gasteiger partial charge in [0, 0.05) is 19.0 Å². The second kappa shape index (κ2) is 16.0. The number of nitrogens with two attached hydrogens (primary N) is 3. The standard InChI is InChI=1S/C22H42N8O4/c1-14(31)17(9-10-23)29-20(33)13-28-21(34)18(8-5-11-27-22(25)26)30-19(32)12-16(24)15-6-3-2-4-7-15/h15-18H,2-13,23-24H2,1H3,(H,28,34)(H,29,33)(H,30,32)(H4,25,26,27)/t16?,17-,18?/m0/s1. The molecule has 0 saturated heterocycles. The van der Waals surface area contributed by atoms with Crippen LogP contribution in [0.4, 0.5) is 0 Å². The topological polar surface area (TPSA) is 218 Å². The maximum atomic E-state index is 12.7. The maximum Gasteiger partial charge on any atom is 0.243 e. The number of guanidine groups is 1. The van der Waals surface area contributed by atoms with E-state index in [9.17, 15) is 19.2 Å². The van der Waals surface area contributed by atoms with Crippen LogP contribution in [0.15, 0.2) is 0 Å². The van der Waals surface area contributed by atoms with Crippen LogP contribution >= 0.6 is 0 Å². The van der Waals surface area contributed by atoms with Gasteiger partial charge in [-0.25, -0.2) is 0 Å². The third-order valence-electron chi connectivity index (χ3n) is 6.02. The summed E-state index contributed by atoms with van der Waals surface area (Å²) in [6, 6.07) is -1.84. The van der Waals surface area contributed by atoms with Gasteiger partial charge in [-0.2, -0.15) is 0 Å². The number of rotatable bonds is 15. The molecule has 0 heterocycles. The van der Waals surface area contributed by atoms with Crippen LogP contribution in [0.25, 0.3) is 0 Å². The summed E-state index contributed by atoms with van der Waals surface area (Å²) < 4.78 is 0. The molecule has 11 N–H and O–H groups in total. The molecule has 12 heteroatoms. The first-order chi connectivity index (χ1) is 16.1. The predicted molar refractivity (Wildman–Crippen MR) is 130 cm³/mol. The van der Waals surface area contributed by atoms with E-state index in [0.717, 1.165) is 25.7 Å². The molecule has 2 unspecified atom stereocenters. The Morgan fingerprint density at radius 2 is 1.62 bits per heavy atom. The van der Waals surface area contributed by atoms with Crippen LogP contribution in [0.5, 0.6) is 0 Å². The van der Waals surface area contributed by atoms with Crippen molar-refractivity contribution in [3.63, 3.8) is 0 Å². The summed E-state index contributed by atoms with van der Waals surface area (Å²) in [5.41, 5.74) is 17.0. The zero-order chi connectivity index (χ0) is 25.5. The first-order valence-electron chi connectivity index (χ1n) is 12.0. The molecule has 3 atom stereocenters. The van der Waals surface area contributed by atoms with Gasteiger partial charge in [0.2, 0.25) is 17.7 Å². The van der Waals surface area contributed by atoms with Crippen molar-refractivity contribution in [3.8, 4) is 0 Å². The molecule has 0 bridgehead atoms. The molecular weight excluding hydrogens is 440 g/mol. The number of ketones is 1. The lowest BCUT2D eigenvalue weighted by Crippen LogP contribution is -2.51. The van der Waals surface area contributed by atoms with Crippen molar-refractivity contribution in [1.29, 1.82) is 5.41 Å². The number of carbonyl (C=O) groups is 4. The van der Waals surface area contributed by atoms with Gasteiger partial charge < -0.3 is 38.5 Å². The molecule has 1 saturated carbocycles. The normalized spacial score (nSPS) is 16.6. The van der Waals surface area contributed by atoms with Gasteiger partial charge in [0.1, 0.15) is 6.04 Å². The summed E-state index contributed by atoms with van der Waals surface area (Å²) in [5.74, 6) is -1.46. The molecule has 1 fully saturated rings. The minimum Gasteiger partial charge on any atom is -0.370 e. The smallest absolute Gasteiger partial charge is 0.243 e. The van der Waals surface area contributed by atoms with Crippen molar-refractivity contribution < 1.29 is 19.2 Å². The van der Waals surface area contributed by atoms with E-state index in [1.54, 1.807) is 0 Å². The number of nitrogens with one attached hydrogen (secondary N) is 5. The number of carbonyl (C=O) groups excluding carboxylic acids is 4. The maximum absolute atomic E-state index is 12.7. The van der Waals surface area contributed by atoms with Crippen molar-refractivity contribution in [1.82, 2.24) is 21.3 Å². The molecule has 3 amide bonds. The highest BCUT2D eigenvalue weighted by Gasteiger charge is 2.26. The summed E-state index contributed by atoms with van der Waals surface area (Å²) in [7, 11) is 0. The summed E-state index contributed by atoms with van der Waals surface area (Å²) in [4.78, 5) is 49.1. The zero-order valence-electron chi connectivity index (χ0n) is 20.2. The second-order valence-electron chi connectivity index (χ2n) is 8.89. The fourth-order valence-electron chi connectivity index (χ4n) is 4.07. The van der Waals surface area contributed by atoms with E-state index in [4.69, 9.17) is 22.6 Å². The molecule has 34 heavy (non-hydrogen) atoms. The van der Waals surface area contributed by atoms with Crippen LogP contribution < -0.4 is 38.5 Å². The molecule has 0 aromatic heterocycles. The van der Waals surface area contributed by atoms with Crippen LogP contribution in [0, 0.1) is 11.3 Å². The summed E-state index contributed by atoms with van der Waals surface area (Å²) in [6.45, 7) is 1.61. The van der Waals surface area contributed by atoms with E-state index >= 15 is 0 Å². The molecule has 0 spiro atoms. The van der Waals surface area contributed by atoms with Crippen LogP contribution in [-0.2, 0) is 19.2 Å². The Kier molecular flexibility index (Phi) is 13.8. The Morgan fingerprint density at radius 3 is 2.21 bits per heavy atom. The predicted octanol–water partition coefficient (Wildman–Crippen LogP) is -1.43. The molecule has 0 radical (unpaired) electrons. The van der Waals surface area contributed by atoms with E-state index in [-0.39, 0.29) is 49.6 Å². The number of amides is 3. The molecule has 1 aliphatic rings. The van der Waals surface area contributed by atoms with Crippen molar-refractivity contribution in [2.45, 2.75) is 82.8 Å². The minimum atomic E-state index is -0.875. The van der Waals surface area contributed by atoms with Crippen LogP contribution in [0.1, 0.15) is 64.7 Å². The van der Waals surface area contributed by atoms with Gasteiger partial charge in [0.15, 0.2) is 11.7 Å². The van der Waals surface area contributed by atoms with Crippen molar-refractivity contribution in [2.75, 3.05) is 19.6 Å². The lowest BCUT2D eigenvalue weighted by Gasteiger charge is -2.27. The second-order valence-corrected chi connectivity index (χ2v) is 8.89. The Labute approximate surface area is 201 Å². The highest BCUT2D eigenvalue weighted by atomic mass is 16.2. The SMILES string of the molecule is CC(=O)[C@H](CCN)NC(=O)CNC(=O)C(CCCNC(=N)N)NC(=O)CC(N)C1CCCCC1. The Balaban J connectivity index is 2.63. The fraction of sp³-hybridized carbons (Fsp3) is 0.773. The highest BCUT2D eigenvalue weighted by molar-refractivity contribution is 5.92. The lowest BCUT2D eigenvalue weighted by atomic mass is 9.83. The number of Topliss-reactive ketones (excluding diaryl/α,β-unsaturated/α-hetero) is 1. The summed E-state index contributed by atoms with van der Waals surface area (Å²) >= 11 is 0. The van der Waals surface area contributed by atoms with Gasteiger partial charge in [-0.3, -0.25) is 24.6 Å². The third kappa shape index (κ3) is 11.9. The lowest BCUT2D eigenvalue weighted by molar-refractivity contribution is -0.131. The third-order valence-corrected chi connectivity index (χ3v) is 6.02. The molecule has 194 valence electrons. The molecule has 1 aliphatic carbocycles. The van der Waals surface area contributed by atoms with Gasteiger partial charge in [-0.1, -0.05) is 19.3 Å². The first kappa shape index (κ1) is 29.3. The Bertz CT molecular complexity index is 696. The molecule has 0 aromatic carbocycles. The van der Waals surface area contributed by atoms with E-state index in [1.165, 1.54) is 13.3 Å². The minimum absolute atomic E-state index is 0.125. The summed E-state index contributed by atoms with van der Waals surface area (Å²) in [5, 5.41) is 17.7. The average Bonchev–Trinajstić information content (AvgIpc) is 2.79. The first-order valence-corrected chi connectivity index (χ1v) is 12.0. The van der Waals surface area contributed by atoms with Gasteiger partial charge in [-0.15, -0.1) is 0 Å². The average molecular weight is 483 g/mol. The summed E-state index contributed by atoms with van der Waals surface area (Å²) in [6.07, 6.45) is 6.61. The molecule has 12 nitrogen and oxygen atoms in total. The monoisotopic (exact) mass is 482 g/mol. The van der Waals surface area contributed by atoms with Gasteiger partial charge in [0.25, 0.3) is 0 Å². The molecule has 0 aliphatic heterocycles. The van der Waals surface area contributed by atoms with Crippen molar-refractivity contribution in [2.24, 2.45) is 23.1 Å². The largest absolute Gasteiger partial charge is 0.370 e. The van der Waals surface area contributed by atoms with Gasteiger partial charge >= 0.3 is 0 Å². The van der Waals surface area contributed by atoms with Crippen molar-refractivity contribution in [3.05, 3.63) is 0 Å². The fourth-order valence-corrected chi connectivity index (χ4v) is 4.07. The van der Waals surface area contributed by atoms with E-state index in [2.05, 4.69) is 21.3 Å². The molecule has 0 aromatic rings. The number of hydrogen-bond acceptors (Lipinski definition) is 7. The molecular formula is C22H42N8O4. The van der Waals surface area contributed by atoms with Crippen LogP contribution in [0.3, 0.4) is 0 Å². The number of hydrogen-bond donors (Lipinski definition) is 8. The Hall–Kier alpha value is -2.73. The quantitative estimate of drug-likeness (QED) is 0.0783. The van der Waals surface area contributed by atoms with Gasteiger partial charge in [-0.05, 0) is 51.5 Å². The zero-order valence-corrected chi connectivity index (χ0v) is 20.2. The van der Waals surface area contributed by atoms with E-state index in [1.807, 2.05) is 0 Å². The van der Waals surface area contributed by atoms with Crippen LogP contribution in [-0.4, -0.2) is 67.2 Å². The van der Waals surface area contributed by atoms with Crippen LogP contribution in [0.2, 0.25) is 0 Å². The van der Waals surface area contributed by atoms with Crippen molar-refractivity contribution >= 4 is 29.5 Å². The van der Waals surface area contributed by atoms with E-state index < -0.39 is 23.9 Å². The van der Waals surface area contributed by atoms with E-state index in [0.29, 0.717) is 25.3 Å². The Morgan fingerprint density at radius 1 is 0.971 bits per heavy atom.